The van der Waals surface area contributed by atoms with Gasteiger partial charge in [-0.25, -0.2) is 0 Å². The molecule has 10 heavy (non-hydrogen) atoms. The normalized spacial score (nSPS) is 8.80. The molecule has 0 aromatic heterocycles. The highest BCUT2D eigenvalue weighted by Gasteiger charge is 1.92. The molecule has 0 amide bonds. The lowest BCUT2D eigenvalue weighted by Crippen LogP contribution is -1.93. The lowest BCUT2D eigenvalue weighted by atomic mass is 10.2. The Kier molecular flexibility index (Phi) is 1.93. The zero-order valence-electron chi connectivity index (χ0n) is 4.97. The highest BCUT2D eigenvalue weighted by molar-refractivity contribution is 9.10. The predicted octanol–water partition coefficient (Wildman–Crippen LogP) is 1.39. The Morgan fingerprint density at radius 3 is 2.70 bits per heavy atom. The summed E-state index contributed by atoms with van der Waals surface area (Å²) in [5.41, 5.74) is 0.175. The Hall–Kier alpha value is -1.01. The smallest absolute Gasteiger partial charge is 0.0985 e. The number of hydrogen-bond acceptors (Lipinski definition) is 2. The summed E-state index contributed by atoms with van der Waals surface area (Å²) in [6.07, 6.45) is 0. The molecular weight excluding hydrogens is 194 g/mol. The van der Waals surface area contributed by atoms with E-state index in [0.717, 1.165) is 0 Å². The molecule has 0 saturated heterocycles. The van der Waals surface area contributed by atoms with Gasteiger partial charge >= 0.3 is 0 Å². The molecule has 0 heterocycles. The molecule has 1 aromatic carbocycles. The van der Waals surface area contributed by atoms with Crippen LogP contribution in [0.4, 0.5) is 0 Å². The maximum absolute atomic E-state index is 10.9. The molecule has 0 aliphatic heterocycles. The van der Waals surface area contributed by atoms with Gasteiger partial charge in [0.2, 0.25) is 0 Å². The largest absolute Gasteiger partial charge is 0.871 e. The van der Waals surface area contributed by atoms with E-state index in [1.165, 1.54) is 6.07 Å². The summed E-state index contributed by atoms with van der Waals surface area (Å²) in [4.78, 5) is 0. The van der Waals surface area contributed by atoms with E-state index in [9.17, 15) is 5.11 Å². The van der Waals surface area contributed by atoms with E-state index >= 15 is 0 Å². The number of benzene rings is 1. The van der Waals surface area contributed by atoms with Crippen LogP contribution >= 0.6 is 15.9 Å². The molecular formula is C7H3BrNO-. The first-order valence-electron chi connectivity index (χ1n) is 2.61. The SMILES string of the molecule is N#Cc1cccc(Br)c1[O-]. The third-order valence-corrected chi connectivity index (χ3v) is 1.71. The number of nitrogens with zero attached hydrogens (tertiary/aromatic N) is 1. The van der Waals surface area contributed by atoms with Crippen molar-refractivity contribution in [1.82, 2.24) is 0 Å². The summed E-state index contributed by atoms with van der Waals surface area (Å²) in [7, 11) is 0. The monoisotopic (exact) mass is 196 g/mol. The number of rotatable bonds is 0. The van der Waals surface area contributed by atoms with Crippen molar-refractivity contribution < 1.29 is 5.11 Å². The molecule has 1 aromatic rings. The quantitative estimate of drug-likeness (QED) is 0.630. The van der Waals surface area contributed by atoms with Gasteiger partial charge in [0.25, 0.3) is 0 Å². The van der Waals surface area contributed by atoms with E-state index < -0.39 is 0 Å². The van der Waals surface area contributed by atoms with Gasteiger partial charge in [-0.3, -0.25) is 0 Å². The number of hydrogen-bond donors (Lipinski definition) is 0. The van der Waals surface area contributed by atoms with E-state index in [2.05, 4.69) is 15.9 Å². The molecule has 0 spiro atoms. The highest BCUT2D eigenvalue weighted by atomic mass is 79.9. The zero-order valence-corrected chi connectivity index (χ0v) is 6.55. The molecule has 0 radical (unpaired) electrons. The van der Waals surface area contributed by atoms with Crippen molar-refractivity contribution in [2.24, 2.45) is 0 Å². The average Bonchev–Trinajstić information content (AvgIpc) is 1.95. The minimum absolute atomic E-state index is 0.175. The first-order chi connectivity index (χ1) is 4.75. The van der Waals surface area contributed by atoms with Crippen molar-refractivity contribution in [1.29, 1.82) is 5.26 Å². The molecule has 0 unspecified atom stereocenters. The van der Waals surface area contributed by atoms with Crippen LogP contribution in [-0.4, -0.2) is 0 Å². The second-order valence-electron chi connectivity index (χ2n) is 1.73. The molecule has 2 nitrogen and oxygen atoms in total. The summed E-state index contributed by atoms with van der Waals surface area (Å²) < 4.78 is 0.437. The van der Waals surface area contributed by atoms with E-state index in [1.807, 2.05) is 0 Å². The van der Waals surface area contributed by atoms with Crippen LogP contribution in [0, 0.1) is 11.3 Å². The maximum Gasteiger partial charge on any atom is 0.0985 e. The fourth-order valence-corrected chi connectivity index (χ4v) is 0.963. The summed E-state index contributed by atoms with van der Waals surface area (Å²) in [5, 5.41) is 19.3. The van der Waals surface area contributed by atoms with Crippen LogP contribution in [0.15, 0.2) is 22.7 Å². The molecule has 0 aliphatic carbocycles. The molecule has 0 saturated carbocycles. The summed E-state index contributed by atoms with van der Waals surface area (Å²) in [6.45, 7) is 0. The van der Waals surface area contributed by atoms with E-state index in [1.54, 1.807) is 18.2 Å². The van der Waals surface area contributed by atoms with Crippen molar-refractivity contribution in [3.63, 3.8) is 0 Å². The molecule has 50 valence electrons. The minimum atomic E-state index is -0.245. The standard InChI is InChI=1S/C7H4BrNO/c8-6-3-1-2-5(4-9)7(6)10/h1-3,10H/p-1. The Labute approximate surface area is 66.9 Å². The second kappa shape index (κ2) is 2.72. The van der Waals surface area contributed by atoms with Gasteiger partial charge in [0.15, 0.2) is 0 Å². The highest BCUT2D eigenvalue weighted by Crippen LogP contribution is 2.23. The van der Waals surface area contributed by atoms with Crippen LogP contribution in [0.1, 0.15) is 5.56 Å². The van der Waals surface area contributed by atoms with Crippen LogP contribution < -0.4 is 5.11 Å². The van der Waals surface area contributed by atoms with E-state index in [4.69, 9.17) is 5.26 Å². The van der Waals surface area contributed by atoms with Gasteiger partial charge in [-0.2, -0.15) is 5.26 Å². The van der Waals surface area contributed by atoms with Gasteiger partial charge in [-0.1, -0.05) is 27.7 Å². The molecule has 0 fully saturated rings. The van der Waals surface area contributed by atoms with Gasteiger partial charge in [0, 0.05) is 10.0 Å². The Balaban J connectivity index is 3.31. The molecule has 1 rings (SSSR count). The van der Waals surface area contributed by atoms with Gasteiger partial charge in [-0.15, -0.1) is 0 Å². The Morgan fingerprint density at radius 2 is 2.20 bits per heavy atom. The third kappa shape index (κ3) is 1.12. The fraction of sp³-hybridized carbons (Fsp3) is 0. The van der Waals surface area contributed by atoms with Gasteiger partial charge in [0.1, 0.15) is 0 Å². The predicted molar refractivity (Wildman–Crippen MR) is 38.3 cm³/mol. The number of halogens is 1. The first-order valence-corrected chi connectivity index (χ1v) is 3.40. The average molecular weight is 197 g/mol. The fourth-order valence-electron chi connectivity index (χ4n) is 0.597. The molecule has 0 bridgehead atoms. The van der Waals surface area contributed by atoms with Crippen molar-refractivity contribution >= 4 is 15.9 Å². The summed E-state index contributed by atoms with van der Waals surface area (Å²) in [5.74, 6) is -0.245. The van der Waals surface area contributed by atoms with Crippen molar-refractivity contribution in [3.05, 3.63) is 28.2 Å². The molecule has 0 N–H and O–H groups in total. The maximum atomic E-state index is 10.9. The Bertz CT molecular complexity index is 290. The van der Waals surface area contributed by atoms with Crippen molar-refractivity contribution in [2.75, 3.05) is 0 Å². The Morgan fingerprint density at radius 1 is 1.50 bits per heavy atom. The first kappa shape index (κ1) is 7.10. The van der Waals surface area contributed by atoms with Crippen LogP contribution in [0.5, 0.6) is 5.75 Å². The van der Waals surface area contributed by atoms with Crippen LogP contribution in [0.2, 0.25) is 0 Å². The lowest BCUT2D eigenvalue weighted by Gasteiger charge is -2.08. The molecule has 0 aliphatic rings. The second-order valence-corrected chi connectivity index (χ2v) is 2.58. The van der Waals surface area contributed by atoms with E-state index in [0.29, 0.717) is 4.47 Å². The van der Waals surface area contributed by atoms with Gasteiger partial charge in [-0.05, 0) is 12.1 Å². The van der Waals surface area contributed by atoms with Crippen LogP contribution in [-0.2, 0) is 0 Å². The van der Waals surface area contributed by atoms with Crippen molar-refractivity contribution in [2.45, 2.75) is 0 Å². The topological polar surface area (TPSA) is 46.8 Å². The molecule has 3 heteroatoms. The third-order valence-electron chi connectivity index (χ3n) is 1.09. The minimum Gasteiger partial charge on any atom is -0.871 e. The number of para-hydroxylation sites is 1. The van der Waals surface area contributed by atoms with Crippen LogP contribution in [0.3, 0.4) is 0 Å². The van der Waals surface area contributed by atoms with Crippen molar-refractivity contribution in [3.8, 4) is 11.8 Å². The van der Waals surface area contributed by atoms with Gasteiger partial charge < -0.3 is 5.11 Å². The summed E-state index contributed by atoms with van der Waals surface area (Å²) >= 11 is 3.02. The van der Waals surface area contributed by atoms with E-state index in [-0.39, 0.29) is 11.3 Å². The van der Waals surface area contributed by atoms with Gasteiger partial charge in [0.05, 0.1) is 6.07 Å². The number of nitriles is 1. The summed E-state index contributed by atoms with van der Waals surface area (Å²) in [6, 6.07) is 6.56. The lowest BCUT2D eigenvalue weighted by molar-refractivity contribution is -0.269. The molecule has 0 atom stereocenters. The zero-order chi connectivity index (χ0) is 7.56. The van der Waals surface area contributed by atoms with Crippen LogP contribution in [0.25, 0.3) is 0 Å².